The Morgan fingerprint density at radius 3 is 2.26 bits per heavy atom. The number of unbranched alkanes of at least 4 members (excludes halogenated alkanes) is 3. The Kier molecular flexibility index (Phi) is 16.4. The second-order valence-corrected chi connectivity index (χ2v) is 20.2. The van der Waals surface area contributed by atoms with E-state index in [1.165, 1.54) is 4.90 Å². The molecule has 1 amide bonds. The van der Waals surface area contributed by atoms with Crippen LogP contribution in [0.2, 0.25) is 0 Å². The molecule has 0 heterocycles. The van der Waals surface area contributed by atoms with E-state index < -0.39 is 39.5 Å². The Bertz CT molecular complexity index is 1060. The zero-order valence-electron chi connectivity index (χ0n) is 22.4. The monoisotopic (exact) mass is 668 g/mol. The second-order valence-electron chi connectivity index (χ2n) is 8.71. The molecule has 0 spiro atoms. The molecule has 0 fully saturated rings. The minimum absolute atomic E-state index is 0.0201. The molecule has 1 aromatic rings. The number of esters is 1. The number of carbonyl (C=O) groups excluding carboxylic acids is 2. The van der Waals surface area contributed by atoms with E-state index in [0.717, 1.165) is 55.2 Å². The SMILES string of the molecule is CSCCN(P(=S)(SCC(C)C)N(C)C(=O)C(=O)OCCCCCCSc1ccccc1)S(=O)(=O)C(F)(F)F. The number of ether oxygens (including phenoxy) is 1. The number of carbonyl (C=O) groups is 2. The lowest BCUT2D eigenvalue weighted by atomic mass is 10.2. The Labute approximate surface area is 247 Å². The smallest absolute Gasteiger partial charge is 0.459 e. The van der Waals surface area contributed by atoms with Crippen LogP contribution >= 0.6 is 40.4 Å². The third-order valence-electron chi connectivity index (χ3n) is 5.05. The topological polar surface area (TPSA) is 84.0 Å². The minimum atomic E-state index is -5.87. The number of amides is 1. The fraction of sp³-hybridized carbons (Fsp3) is 0.652. The summed E-state index contributed by atoms with van der Waals surface area (Å²) in [6.45, 7) is 2.98. The summed E-state index contributed by atoms with van der Waals surface area (Å²) in [6, 6.07) is 10.0. The Morgan fingerprint density at radius 2 is 1.69 bits per heavy atom. The van der Waals surface area contributed by atoms with Crippen LogP contribution in [0.25, 0.3) is 0 Å². The van der Waals surface area contributed by atoms with Crippen LogP contribution in [-0.4, -0.2) is 78.3 Å². The first-order valence-electron chi connectivity index (χ1n) is 12.1. The van der Waals surface area contributed by atoms with Crippen LogP contribution in [0.3, 0.4) is 0 Å². The van der Waals surface area contributed by atoms with Crippen LogP contribution < -0.4 is 0 Å². The normalized spacial score (nSPS) is 13.9. The van der Waals surface area contributed by atoms with Crippen molar-refractivity contribution < 1.29 is 35.9 Å². The highest BCUT2D eigenvalue weighted by Gasteiger charge is 2.55. The molecule has 0 radical (unpaired) electrons. The van der Waals surface area contributed by atoms with Crippen molar-refractivity contribution in [3.63, 3.8) is 0 Å². The highest BCUT2D eigenvalue weighted by molar-refractivity contribution is 8.70. The average molecular weight is 669 g/mol. The molecule has 0 aromatic heterocycles. The van der Waals surface area contributed by atoms with Gasteiger partial charge in [-0.2, -0.15) is 24.9 Å². The molecule has 1 unspecified atom stereocenters. The van der Waals surface area contributed by atoms with Crippen molar-refractivity contribution in [3.05, 3.63) is 30.3 Å². The van der Waals surface area contributed by atoms with Gasteiger partial charge in [-0.1, -0.05) is 56.3 Å². The van der Waals surface area contributed by atoms with Gasteiger partial charge in [-0.15, -0.1) is 15.8 Å². The molecule has 0 saturated heterocycles. The number of sulfonamides is 1. The van der Waals surface area contributed by atoms with Crippen molar-refractivity contribution in [1.82, 2.24) is 8.75 Å². The number of thioether (sulfide) groups is 2. The van der Waals surface area contributed by atoms with Crippen LogP contribution in [-0.2, 0) is 36.2 Å². The van der Waals surface area contributed by atoms with Crippen molar-refractivity contribution in [3.8, 4) is 0 Å². The third-order valence-corrected chi connectivity index (χ3v) is 17.9. The van der Waals surface area contributed by atoms with Gasteiger partial charge in [0.25, 0.3) is 0 Å². The van der Waals surface area contributed by atoms with Gasteiger partial charge in [0.15, 0.2) is 5.54 Å². The van der Waals surface area contributed by atoms with Gasteiger partial charge in [-0.25, -0.2) is 13.2 Å². The molecular formula is C23H36F3N2O5PS5. The molecule has 0 saturated carbocycles. The van der Waals surface area contributed by atoms with Crippen molar-refractivity contribution in [1.29, 1.82) is 0 Å². The molecule has 0 N–H and O–H groups in total. The molecule has 1 rings (SSSR count). The fourth-order valence-corrected chi connectivity index (χ4v) is 14.4. The molecule has 224 valence electrons. The van der Waals surface area contributed by atoms with Crippen LogP contribution in [0.15, 0.2) is 35.2 Å². The van der Waals surface area contributed by atoms with Crippen LogP contribution in [0.5, 0.6) is 0 Å². The summed E-state index contributed by atoms with van der Waals surface area (Å²) >= 11 is 9.20. The highest BCUT2D eigenvalue weighted by atomic mass is 32.9. The zero-order valence-corrected chi connectivity index (χ0v) is 27.4. The van der Waals surface area contributed by atoms with Crippen molar-refractivity contribution in [2.75, 3.05) is 43.7 Å². The van der Waals surface area contributed by atoms with Gasteiger partial charge in [0.05, 0.1) is 6.61 Å². The van der Waals surface area contributed by atoms with Crippen LogP contribution in [0.4, 0.5) is 13.2 Å². The maximum absolute atomic E-state index is 13.6. The Hall–Kier alpha value is -0.440. The fourth-order valence-electron chi connectivity index (χ4n) is 2.96. The molecule has 7 nitrogen and oxygen atoms in total. The van der Waals surface area contributed by atoms with E-state index in [1.807, 2.05) is 30.3 Å². The largest absolute Gasteiger partial charge is 0.512 e. The zero-order chi connectivity index (χ0) is 29.7. The molecule has 1 atom stereocenters. The molecule has 0 aliphatic carbocycles. The predicted octanol–water partition coefficient (Wildman–Crippen LogP) is 6.47. The minimum Gasteiger partial charge on any atom is -0.459 e. The molecule has 39 heavy (non-hydrogen) atoms. The Morgan fingerprint density at radius 1 is 1.08 bits per heavy atom. The van der Waals surface area contributed by atoms with Gasteiger partial charge in [0.1, 0.15) is 0 Å². The van der Waals surface area contributed by atoms with E-state index in [9.17, 15) is 31.2 Å². The first-order chi connectivity index (χ1) is 18.2. The molecule has 0 aliphatic rings. The lowest BCUT2D eigenvalue weighted by Crippen LogP contribution is -2.44. The summed E-state index contributed by atoms with van der Waals surface area (Å²) < 4.78 is 71.8. The number of halogens is 3. The van der Waals surface area contributed by atoms with Crippen LogP contribution in [0.1, 0.15) is 39.5 Å². The maximum Gasteiger partial charge on any atom is 0.512 e. The summed E-state index contributed by atoms with van der Waals surface area (Å²) in [5, 5.41) is 0. The lowest BCUT2D eigenvalue weighted by Gasteiger charge is -2.39. The summed E-state index contributed by atoms with van der Waals surface area (Å²) in [6.07, 6.45) is 4.75. The summed E-state index contributed by atoms with van der Waals surface area (Å²) in [5.74, 6) is -1.44. The van der Waals surface area contributed by atoms with Gasteiger partial charge >= 0.3 is 27.4 Å². The van der Waals surface area contributed by atoms with E-state index in [1.54, 1.807) is 31.9 Å². The number of rotatable bonds is 17. The van der Waals surface area contributed by atoms with Gasteiger partial charge in [-0.3, -0.25) is 9.46 Å². The van der Waals surface area contributed by atoms with E-state index in [4.69, 9.17) is 16.5 Å². The average Bonchev–Trinajstić information content (AvgIpc) is 2.87. The van der Waals surface area contributed by atoms with E-state index in [-0.39, 0.29) is 28.1 Å². The predicted molar refractivity (Wildman–Crippen MR) is 161 cm³/mol. The molecule has 0 aliphatic heterocycles. The van der Waals surface area contributed by atoms with Crippen molar-refractivity contribution in [2.24, 2.45) is 5.92 Å². The molecule has 16 heteroatoms. The maximum atomic E-state index is 13.6. The summed E-state index contributed by atoms with van der Waals surface area (Å²) in [5.41, 5.74) is -9.59. The van der Waals surface area contributed by atoms with Gasteiger partial charge in [-0.05, 0) is 54.7 Å². The van der Waals surface area contributed by atoms with E-state index in [2.05, 4.69) is 0 Å². The molecular weight excluding hydrogens is 633 g/mol. The molecule has 1 aromatic carbocycles. The van der Waals surface area contributed by atoms with Gasteiger partial charge in [0.2, 0.25) is 0 Å². The second kappa shape index (κ2) is 17.5. The first kappa shape index (κ1) is 36.6. The summed E-state index contributed by atoms with van der Waals surface area (Å²) in [7, 11) is -4.80. The number of likely N-dealkylation sites (N-methyl/N-ethyl adjacent to an activating group) is 1. The lowest BCUT2D eigenvalue weighted by molar-refractivity contribution is -0.157. The van der Waals surface area contributed by atoms with Crippen molar-refractivity contribution >= 4 is 74.2 Å². The number of hydrogen-bond donors (Lipinski definition) is 0. The number of hydrogen-bond acceptors (Lipinski definition) is 9. The highest BCUT2D eigenvalue weighted by Crippen LogP contribution is 2.66. The van der Waals surface area contributed by atoms with Crippen molar-refractivity contribution in [2.45, 2.75) is 49.9 Å². The van der Waals surface area contributed by atoms with E-state index >= 15 is 0 Å². The summed E-state index contributed by atoms with van der Waals surface area (Å²) in [4.78, 5) is 26.6. The van der Waals surface area contributed by atoms with E-state index in [0.29, 0.717) is 11.1 Å². The molecule has 0 bridgehead atoms. The van der Waals surface area contributed by atoms with Gasteiger partial charge in [0, 0.05) is 30.0 Å². The Balaban J connectivity index is 2.81. The van der Waals surface area contributed by atoms with Crippen LogP contribution in [0, 0.1) is 5.92 Å². The van der Waals surface area contributed by atoms with Gasteiger partial charge < -0.3 is 4.74 Å². The number of alkyl halides is 3. The number of nitrogens with zero attached hydrogens (tertiary/aromatic N) is 2. The first-order valence-corrected chi connectivity index (χ1v) is 20.3. The standard InChI is InChI=1S/C23H36F3N2O5PS5/c1-19(2)18-38-34(35,28(14-17-36-4)39(31,32)23(24,25)26)27(3)21(29)22(30)33-15-10-5-6-11-16-37-20-12-8-7-9-13-20/h7-9,12-13,19H,5-6,10-11,14-18H2,1-4H3. The third kappa shape index (κ3) is 11.8. The number of benzene rings is 1. The quantitative estimate of drug-likeness (QED) is 0.0610.